The van der Waals surface area contributed by atoms with Gasteiger partial charge in [0.05, 0.1) is 12.8 Å². The zero-order valence-electron chi connectivity index (χ0n) is 14.6. The van der Waals surface area contributed by atoms with E-state index in [1.54, 1.807) is 10.7 Å². The van der Waals surface area contributed by atoms with Crippen LogP contribution in [-0.4, -0.2) is 22.8 Å². The molecular formula is C18H20F3N3O2. The Hall–Kier alpha value is -2.51. The predicted octanol–water partition coefficient (Wildman–Crippen LogP) is 3.74. The van der Waals surface area contributed by atoms with Gasteiger partial charge in [-0.15, -0.1) is 0 Å². The maximum absolute atomic E-state index is 13.4. The van der Waals surface area contributed by atoms with Crippen LogP contribution in [-0.2, 0) is 19.3 Å². The molecule has 1 amide bonds. The first-order valence-corrected chi connectivity index (χ1v) is 8.44. The summed E-state index contributed by atoms with van der Waals surface area (Å²) in [5.74, 6) is -0.314. The molecule has 0 unspecified atom stereocenters. The molecule has 1 aromatic carbocycles. The second-order valence-corrected chi connectivity index (χ2v) is 6.22. The molecule has 1 aliphatic rings. The third-order valence-electron chi connectivity index (χ3n) is 4.38. The van der Waals surface area contributed by atoms with Gasteiger partial charge in [0.1, 0.15) is 17.0 Å². The number of aryl methyl sites for hydroxylation is 1. The number of methoxy groups -OCH3 is 1. The van der Waals surface area contributed by atoms with Crippen molar-refractivity contribution in [3.8, 4) is 5.75 Å². The van der Waals surface area contributed by atoms with Crippen LogP contribution in [0.25, 0.3) is 0 Å². The molecule has 0 atom stereocenters. The Kier molecular flexibility index (Phi) is 4.93. The lowest BCUT2D eigenvalue weighted by Gasteiger charge is -2.17. The van der Waals surface area contributed by atoms with E-state index in [0.717, 1.165) is 18.5 Å². The zero-order valence-corrected chi connectivity index (χ0v) is 14.6. The average Bonchev–Trinajstić information content (AvgIpc) is 3.37. The Morgan fingerprint density at radius 3 is 2.69 bits per heavy atom. The predicted molar refractivity (Wildman–Crippen MR) is 89.0 cm³/mol. The summed E-state index contributed by atoms with van der Waals surface area (Å²) < 4.78 is 46.5. The maximum atomic E-state index is 13.4. The minimum Gasteiger partial charge on any atom is -0.496 e. The van der Waals surface area contributed by atoms with Crippen molar-refractivity contribution in [3.05, 3.63) is 46.8 Å². The molecule has 1 saturated carbocycles. The van der Waals surface area contributed by atoms with E-state index < -0.39 is 17.6 Å². The first-order chi connectivity index (χ1) is 12.3. The van der Waals surface area contributed by atoms with Crippen LogP contribution in [0.15, 0.2) is 24.3 Å². The Labute approximate surface area is 149 Å². The number of benzene rings is 1. The van der Waals surface area contributed by atoms with Gasteiger partial charge in [-0.2, -0.15) is 18.3 Å². The van der Waals surface area contributed by atoms with E-state index in [0.29, 0.717) is 18.2 Å². The van der Waals surface area contributed by atoms with Crippen molar-refractivity contribution in [3.63, 3.8) is 0 Å². The van der Waals surface area contributed by atoms with E-state index >= 15 is 0 Å². The number of amides is 1. The molecule has 1 fully saturated rings. The minimum atomic E-state index is -4.57. The summed E-state index contributed by atoms with van der Waals surface area (Å²) in [4.78, 5) is 12.5. The SMILES string of the molecule is CCn1nc(C2CC2)cc1C(=O)NCc1cccc(OC)c1C(F)(F)F. The standard InChI is InChI=1S/C18H20F3N3O2/c1-3-24-14(9-13(23-24)11-7-8-11)17(25)22-10-12-5-4-6-15(26-2)16(12)18(19,20)21/h4-6,9,11H,3,7-8,10H2,1-2H3,(H,22,25). The molecule has 0 bridgehead atoms. The third-order valence-corrected chi connectivity index (χ3v) is 4.38. The first-order valence-electron chi connectivity index (χ1n) is 8.44. The Bertz CT molecular complexity index is 810. The van der Waals surface area contributed by atoms with Crippen molar-refractivity contribution in [1.29, 1.82) is 0 Å². The molecule has 1 N–H and O–H groups in total. The van der Waals surface area contributed by atoms with E-state index in [9.17, 15) is 18.0 Å². The summed E-state index contributed by atoms with van der Waals surface area (Å²) in [6.45, 7) is 2.13. The van der Waals surface area contributed by atoms with E-state index in [2.05, 4.69) is 10.4 Å². The van der Waals surface area contributed by atoms with Crippen molar-refractivity contribution in [1.82, 2.24) is 15.1 Å². The lowest BCUT2D eigenvalue weighted by atomic mass is 10.1. The van der Waals surface area contributed by atoms with Crippen molar-refractivity contribution in [2.24, 2.45) is 0 Å². The van der Waals surface area contributed by atoms with Crippen LogP contribution in [0.4, 0.5) is 13.2 Å². The molecule has 0 spiro atoms. The third kappa shape index (κ3) is 3.68. The Morgan fingerprint density at radius 2 is 2.12 bits per heavy atom. The number of halogens is 3. The van der Waals surface area contributed by atoms with Crippen LogP contribution < -0.4 is 10.1 Å². The van der Waals surface area contributed by atoms with Crippen LogP contribution in [0.1, 0.15) is 53.0 Å². The van der Waals surface area contributed by atoms with Gasteiger partial charge in [-0.3, -0.25) is 9.48 Å². The van der Waals surface area contributed by atoms with Crippen LogP contribution >= 0.6 is 0 Å². The molecule has 1 heterocycles. The fourth-order valence-electron chi connectivity index (χ4n) is 2.92. The molecule has 5 nitrogen and oxygen atoms in total. The maximum Gasteiger partial charge on any atom is 0.420 e. The molecule has 3 rings (SSSR count). The number of hydrogen-bond donors (Lipinski definition) is 1. The highest BCUT2D eigenvalue weighted by atomic mass is 19.4. The van der Waals surface area contributed by atoms with Crippen molar-refractivity contribution >= 4 is 5.91 Å². The molecule has 8 heteroatoms. The molecule has 1 aromatic heterocycles. The zero-order chi connectivity index (χ0) is 18.9. The second kappa shape index (κ2) is 7.01. The van der Waals surface area contributed by atoms with Gasteiger partial charge >= 0.3 is 6.18 Å². The number of ether oxygens (including phenoxy) is 1. The Balaban J connectivity index is 1.80. The van der Waals surface area contributed by atoms with Crippen LogP contribution in [0.2, 0.25) is 0 Å². The summed E-state index contributed by atoms with van der Waals surface area (Å²) in [6, 6.07) is 5.78. The minimum absolute atomic E-state index is 0.0461. The topological polar surface area (TPSA) is 56.2 Å². The highest BCUT2D eigenvalue weighted by Crippen LogP contribution is 2.40. The van der Waals surface area contributed by atoms with Gasteiger partial charge in [0, 0.05) is 19.0 Å². The van der Waals surface area contributed by atoms with E-state index in [1.807, 2.05) is 6.92 Å². The molecule has 1 aliphatic carbocycles. The lowest BCUT2D eigenvalue weighted by Crippen LogP contribution is -2.27. The fourth-order valence-corrected chi connectivity index (χ4v) is 2.92. The van der Waals surface area contributed by atoms with E-state index in [4.69, 9.17) is 4.74 Å². The van der Waals surface area contributed by atoms with Crippen molar-refractivity contribution in [2.75, 3.05) is 7.11 Å². The van der Waals surface area contributed by atoms with Crippen molar-refractivity contribution < 1.29 is 22.7 Å². The van der Waals surface area contributed by atoms with Gasteiger partial charge in [-0.25, -0.2) is 0 Å². The molecule has 140 valence electrons. The van der Waals surface area contributed by atoms with Gasteiger partial charge in [0.2, 0.25) is 0 Å². The quantitative estimate of drug-likeness (QED) is 0.846. The monoisotopic (exact) mass is 367 g/mol. The summed E-state index contributed by atoms with van der Waals surface area (Å²) in [6.07, 6.45) is -2.46. The molecule has 0 aliphatic heterocycles. The number of nitrogens with one attached hydrogen (secondary N) is 1. The van der Waals surface area contributed by atoms with Gasteiger partial charge < -0.3 is 10.1 Å². The summed E-state index contributed by atoms with van der Waals surface area (Å²) in [5, 5.41) is 6.98. The van der Waals surface area contributed by atoms with Crippen molar-refractivity contribution in [2.45, 2.75) is 44.9 Å². The molecule has 0 saturated heterocycles. The fraction of sp³-hybridized carbons (Fsp3) is 0.444. The van der Waals surface area contributed by atoms with Crippen LogP contribution in [0, 0.1) is 0 Å². The number of nitrogens with zero attached hydrogens (tertiary/aromatic N) is 2. The molecule has 26 heavy (non-hydrogen) atoms. The normalized spacial score (nSPS) is 14.3. The average molecular weight is 367 g/mol. The van der Waals surface area contributed by atoms with Crippen LogP contribution in [0.3, 0.4) is 0 Å². The van der Waals surface area contributed by atoms with Gasteiger partial charge in [-0.05, 0) is 37.5 Å². The number of hydrogen-bond acceptors (Lipinski definition) is 3. The largest absolute Gasteiger partial charge is 0.496 e. The number of carbonyl (C=O) groups excluding carboxylic acids is 1. The van der Waals surface area contributed by atoms with E-state index in [-0.39, 0.29) is 17.9 Å². The second-order valence-electron chi connectivity index (χ2n) is 6.22. The number of aromatic nitrogens is 2. The summed E-state index contributed by atoms with van der Waals surface area (Å²) >= 11 is 0. The highest BCUT2D eigenvalue weighted by Gasteiger charge is 2.37. The highest BCUT2D eigenvalue weighted by molar-refractivity contribution is 5.92. The summed E-state index contributed by atoms with van der Waals surface area (Å²) in [7, 11) is 1.19. The lowest BCUT2D eigenvalue weighted by molar-refractivity contribution is -0.139. The van der Waals surface area contributed by atoms with Gasteiger partial charge in [0.15, 0.2) is 0 Å². The van der Waals surface area contributed by atoms with Crippen LogP contribution in [0.5, 0.6) is 5.75 Å². The molecule has 0 radical (unpaired) electrons. The molecular weight excluding hydrogens is 347 g/mol. The van der Waals surface area contributed by atoms with Gasteiger partial charge in [-0.1, -0.05) is 12.1 Å². The Morgan fingerprint density at radius 1 is 1.38 bits per heavy atom. The number of carbonyl (C=O) groups is 1. The smallest absolute Gasteiger partial charge is 0.420 e. The number of rotatable bonds is 6. The van der Waals surface area contributed by atoms with E-state index in [1.165, 1.54) is 25.3 Å². The molecule has 2 aromatic rings. The number of alkyl halides is 3. The van der Waals surface area contributed by atoms with Gasteiger partial charge in [0.25, 0.3) is 5.91 Å². The first kappa shape index (κ1) is 18.3. The summed E-state index contributed by atoms with van der Waals surface area (Å²) in [5.41, 5.74) is 0.320.